The summed E-state index contributed by atoms with van der Waals surface area (Å²) in [5.74, 6) is 1.61. The van der Waals surface area contributed by atoms with E-state index in [1.807, 2.05) is 0 Å². The molecular weight excluding hydrogens is 609 g/mol. The molecule has 230 valence electrons. The molecule has 0 atom stereocenters. The van der Waals surface area contributed by atoms with Crippen LogP contribution in [-0.2, 0) is 0 Å². The Hall–Kier alpha value is -6.78. The summed E-state index contributed by atoms with van der Waals surface area (Å²) in [5.41, 5.74) is 7.95. The van der Waals surface area contributed by atoms with Gasteiger partial charge in [0, 0.05) is 43.3 Å². The van der Waals surface area contributed by atoms with Gasteiger partial charge in [0.1, 0.15) is 5.82 Å². The van der Waals surface area contributed by atoms with Crippen molar-refractivity contribution in [1.29, 1.82) is 0 Å². The number of rotatable bonds is 2. The molecule has 0 N–H and O–H groups in total. The molecule has 0 amide bonds. The van der Waals surface area contributed by atoms with Gasteiger partial charge in [-0.3, -0.25) is 4.57 Å². The Bertz CT molecular complexity index is 3380. The van der Waals surface area contributed by atoms with E-state index in [1.54, 1.807) is 0 Å². The van der Waals surface area contributed by atoms with Gasteiger partial charge in [-0.15, -0.1) is 0 Å². The number of benzene rings is 8. The number of hydrogen-bond acceptors (Lipinski definition) is 2. The first-order valence-corrected chi connectivity index (χ1v) is 17.1. The van der Waals surface area contributed by atoms with Crippen molar-refractivity contribution in [2.24, 2.45) is 0 Å². The lowest BCUT2D eigenvalue weighted by Crippen LogP contribution is -2.03. The van der Waals surface area contributed by atoms with Gasteiger partial charge in [-0.2, -0.15) is 0 Å². The molecule has 4 heterocycles. The molecular formula is C46H26N4. The Kier molecular flexibility index (Phi) is 4.94. The third-order valence-corrected chi connectivity index (χ3v) is 10.8. The van der Waals surface area contributed by atoms with Crippen molar-refractivity contribution < 1.29 is 0 Å². The maximum Gasteiger partial charge on any atom is 0.162 e. The van der Waals surface area contributed by atoms with Crippen LogP contribution in [0.5, 0.6) is 0 Å². The van der Waals surface area contributed by atoms with Crippen LogP contribution in [0.15, 0.2) is 158 Å². The second-order valence-electron chi connectivity index (χ2n) is 13.3. The molecule has 0 saturated heterocycles. The Labute approximate surface area is 285 Å². The molecule has 0 aliphatic carbocycles. The van der Waals surface area contributed by atoms with Crippen molar-refractivity contribution in [2.45, 2.75) is 0 Å². The molecule has 4 nitrogen and oxygen atoms in total. The van der Waals surface area contributed by atoms with E-state index in [0.29, 0.717) is 0 Å². The molecule has 4 heteroatoms. The fourth-order valence-electron chi connectivity index (χ4n) is 8.77. The summed E-state index contributed by atoms with van der Waals surface area (Å²) in [4.78, 5) is 10.7. The molecule has 0 spiro atoms. The molecule has 0 radical (unpaired) electrons. The fraction of sp³-hybridized carbons (Fsp3) is 0. The highest BCUT2D eigenvalue weighted by molar-refractivity contribution is 6.36. The molecule has 12 rings (SSSR count). The van der Waals surface area contributed by atoms with E-state index in [2.05, 4.69) is 167 Å². The molecule has 0 fully saturated rings. The zero-order valence-corrected chi connectivity index (χ0v) is 26.8. The molecule has 8 aromatic carbocycles. The lowest BCUT2D eigenvalue weighted by molar-refractivity contribution is 1.08. The maximum atomic E-state index is 5.52. The second-order valence-corrected chi connectivity index (χ2v) is 13.3. The van der Waals surface area contributed by atoms with Gasteiger partial charge in [-0.05, 0) is 57.9 Å². The topological polar surface area (TPSA) is 35.1 Å². The van der Waals surface area contributed by atoms with Crippen molar-refractivity contribution >= 4 is 92.3 Å². The third-order valence-electron chi connectivity index (χ3n) is 10.8. The minimum absolute atomic E-state index is 0.722. The Morgan fingerprint density at radius 3 is 1.90 bits per heavy atom. The molecule has 0 bridgehead atoms. The lowest BCUT2D eigenvalue weighted by Gasteiger charge is -2.14. The first kappa shape index (κ1) is 26.2. The predicted molar refractivity (Wildman–Crippen MR) is 209 cm³/mol. The summed E-state index contributed by atoms with van der Waals surface area (Å²) in [7, 11) is 0. The normalized spacial score (nSPS) is 12.4. The first-order valence-electron chi connectivity index (χ1n) is 17.1. The van der Waals surface area contributed by atoms with E-state index < -0.39 is 0 Å². The summed E-state index contributed by atoms with van der Waals surface area (Å²) in [5, 5.41) is 13.4. The molecule has 0 unspecified atom stereocenters. The van der Waals surface area contributed by atoms with Crippen molar-refractivity contribution in [3.63, 3.8) is 0 Å². The average molecular weight is 635 g/mol. The van der Waals surface area contributed by atoms with E-state index >= 15 is 0 Å². The summed E-state index contributed by atoms with van der Waals surface area (Å²) in [6.07, 6.45) is 0. The van der Waals surface area contributed by atoms with Crippen LogP contribution in [0, 0.1) is 0 Å². The standard InChI is InChI=1S/C46H26N4/c1-3-15-29-27(12-1)14-11-20-32(29)45-47-37-21-8-5-18-33(37)46(48-45)50-38-22-9-6-17-31(38)35-26-36-41-30-16-4-2-13-28(30)24-25-40(41)49-39-23-10-7-19-34(39)42(43(35)50)44(36)49/h1-26H. The SMILES string of the molecule is c1ccc2c(-c3nc(-n4c5ccccc5c5cc6c7c8ccccc8ccc7n7c8ccccc8c(c54)c67)c4ccccc4n3)cccc2c1. The molecule has 0 saturated carbocycles. The quantitative estimate of drug-likeness (QED) is 0.190. The van der Waals surface area contributed by atoms with Crippen LogP contribution in [0.4, 0.5) is 0 Å². The highest BCUT2D eigenvalue weighted by Crippen LogP contribution is 2.48. The van der Waals surface area contributed by atoms with Gasteiger partial charge in [0.2, 0.25) is 0 Å². The minimum Gasteiger partial charge on any atom is -0.308 e. The van der Waals surface area contributed by atoms with Crippen LogP contribution >= 0.6 is 0 Å². The lowest BCUT2D eigenvalue weighted by atomic mass is 10.00. The van der Waals surface area contributed by atoms with E-state index in [0.717, 1.165) is 39.0 Å². The summed E-state index contributed by atoms with van der Waals surface area (Å²) in [6.45, 7) is 0. The van der Waals surface area contributed by atoms with Crippen molar-refractivity contribution in [2.75, 3.05) is 0 Å². The van der Waals surface area contributed by atoms with Crippen molar-refractivity contribution in [3.05, 3.63) is 158 Å². The Morgan fingerprint density at radius 2 is 1.04 bits per heavy atom. The van der Waals surface area contributed by atoms with Crippen LogP contribution in [0.25, 0.3) is 110 Å². The molecule has 50 heavy (non-hydrogen) atoms. The summed E-state index contributed by atoms with van der Waals surface area (Å²) >= 11 is 0. The van der Waals surface area contributed by atoms with Gasteiger partial charge in [-0.1, -0.05) is 121 Å². The van der Waals surface area contributed by atoms with Gasteiger partial charge in [0.15, 0.2) is 5.82 Å². The van der Waals surface area contributed by atoms with Gasteiger partial charge in [0.05, 0.1) is 33.1 Å². The largest absolute Gasteiger partial charge is 0.308 e. The summed E-state index contributed by atoms with van der Waals surface area (Å²) in [6, 6.07) is 56.8. The number of aromatic nitrogens is 4. The monoisotopic (exact) mass is 634 g/mol. The highest BCUT2D eigenvalue weighted by Gasteiger charge is 2.26. The van der Waals surface area contributed by atoms with E-state index in [-0.39, 0.29) is 0 Å². The third kappa shape index (κ3) is 3.25. The highest BCUT2D eigenvalue weighted by atomic mass is 15.1. The van der Waals surface area contributed by atoms with Crippen molar-refractivity contribution in [3.8, 4) is 17.2 Å². The average Bonchev–Trinajstić information content (AvgIpc) is 3.82. The van der Waals surface area contributed by atoms with Gasteiger partial charge in [-0.25, -0.2) is 9.97 Å². The molecule has 0 aliphatic heterocycles. The molecule has 12 aromatic rings. The zero-order valence-electron chi connectivity index (χ0n) is 26.8. The number of para-hydroxylation sites is 3. The number of nitrogens with zero attached hydrogens (tertiary/aromatic N) is 4. The van der Waals surface area contributed by atoms with E-state index in [1.165, 1.54) is 70.5 Å². The first-order chi connectivity index (χ1) is 24.8. The number of hydrogen-bond donors (Lipinski definition) is 0. The van der Waals surface area contributed by atoms with Crippen LogP contribution in [-0.4, -0.2) is 18.9 Å². The molecule has 4 aromatic heterocycles. The summed E-state index contributed by atoms with van der Waals surface area (Å²) < 4.78 is 4.91. The predicted octanol–water partition coefficient (Wildman–Crippen LogP) is 11.9. The molecule has 0 aliphatic rings. The van der Waals surface area contributed by atoms with Crippen LogP contribution in [0.2, 0.25) is 0 Å². The van der Waals surface area contributed by atoms with Crippen molar-refractivity contribution in [1.82, 2.24) is 18.9 Å². The van der Waals surface area contributed by atoms with Crippen LogP contribution in [0.3, 0.4) is 0 Å². The van der Waals surface area contributed by atoms with E-state index in [9.17, 15) is 0 Å². The Balaban J connectivity index is 1.32. The van der Waals surface area contributed by atoms with E-state index in [4.69, 9.17) is 9.97 Å². The van der Waals surface area contributed by atoms with Gasteiger partial charge < -0.3 is 4.40 Å². The maximum absolute atomic E-state index is 5.52. The smallest absolute Gasteiger partial charge is 0.162 e. The van der Waals surface area contributed by atoms with Crippen LogP contribution in [0.1, 0.15) is 0 Å². The van der Waals surface area contributed by atoms with Gasteiger partial charge in [0.25, 0.3) is 0 Å². The van der Waals surface area contributed by atoms with Gasteiger partial charge >= 0.3 is 0 Å². The zero-order chi connectivity index (χ0) is 32.5. The minimum atomic E-state index is 0.722. The van der Waals surface area contributed by atoms with Crippen LogP contribution < -0.4 is 0 Å². The Morgan fingerprint density at radius 1 is 0.380 bits per heavy atom. The fourth-order valence-corrected chi connectivity index (χ4v) is 8.77. The second kappa shape index (κ2) is 9.43. The number of fused-ring (bicyclic) bond motifs is 14.